The van der Waals surface area contributed by atoms with Crippen molar-refractivity contribution in [2.24, 2.45) is 5.73 Å². The highest BCUT2D eigenvalue weighted by atomic mass is 19.1. The molecule has 0 aliphatic carbocycles. The van der Waals surface area contributed by atoms with Crippen LogP contribution in [-0.4, -0.2) is 31.9 Å². The second-order valence-corrected chi connectivity index (χ2v) is 3.44. The van der Waals surface area contributed by atoms with Gasteiger partial charge in [-0.2, -0.15) is 0 Å². The number of hydrogen-bond donors (Lipinski definition) is 1. The van der Waals surface area contributed by atoms with Crippen LogP contribution in [0.4, 0.5) is 4.39 Å². The first-order valence-corrected chi connectivity index (χ1v) is 5.16. The highest BCUT2D eigenvalue weighted by Gasteiger charge is 2.07. The van der Waals surface area contributed by atoms with Gasteiger partial charge in [-0.3, -0.25) is 4.98 Å². The fourth-order valence-electron chi connectivity index (χ4n) is 1.25. The van der Waals surface area contributed by atoms with E-state index in [2.05, 4.69) is 4.98 Å². The number of halogens is 1. The lowest BCUT2D eigenvalue weighted by Gasteiger charge is -2.11. The van der Waals surface area contributed by atoms with Gasteiger partial charge in [-0.15, -0.1) is 0 Å². The Morgan fingerprint density at radius 2 is 2.19 bits per heavy atom. The fraction of sp³-hybridized carbons (Fsp3) is 0.545. The minimum Gasteiger partial charge on any atom is -0.382 e. The van der Waals surface area contributed by atoms with Crippen LogP contribution in [0.5, 0.6) is 0 Å². The number of rotatable bonds is 7. The van der Waals surface area contributed by atoms with Gasteiger partial charge in [-0.25, -0.2) is 4.39 Å². The summed E-state index contributed by atoms with van der Waals surface area (Å²) < 4.78 is 23.0. The van der Waals surface area contributed by atoms with E-state index in [0.29, 0.717) is 31.8 Å². The molecule has 5 heteroatoms. The van der Waals surface area contributed by atoms with E-state index in [0.717, 1.165) is 6.20 Å². The minimum atomic E-state index is -0.367. The zero-order chi connectivity index (χ0) is 11.8. The summed E-state index contributed by atoms with van der Waals surface area (Å²) in [4.78, 5) is 3.75. The number of nitrogens with two attached hydrogens (primary N) is 1. The van der Waals surface area contributed by atoms with E-state index in [1.54, 1.807) is 13.3 Å². The summed E-state index contributed by atoms with van der Waals surface area (Å²) in [5.74, 6) is -0.367. The minimum absolute atomic E-state index is 0.245. The first-order chi connectivity index (χ1) is 7.74. The third-order valence-electron chi connectivity index (χ3n) is 2.16. The van der Waals surface area contributed by atoms with Crippen molar-refractivity contribution >= 4 is 0 Å². The highest BCUT2D eigenvalue weighted by molar-refractivity contribution is 5.14. The van der Waals surface area contributed by atoms with E-state index >= 15 is 0 Å². The van der Waals surface area contributed by atoms with Gasteiger partial charge in [0.25, 0.3) is 0 Å². The van der Waals surface area contributed by atoms with Gasteiger partial charge >= 0.3 is 0 Å². The Morgan fingerprint density at radius 1 is 1.38 bits per heavy atom. The van der Waals surface area contributed by atoms with Crippen molar-refractivity contribution < 1.29 is 13.9 Å². The molecule has 1 aromatic heterocycles. The van der Waals surface area contributed by atoms with E-state index in [-0.39, 0.29) is 11.9 Å². The summed E-state index contributed by atoms with van der Waals surface area (Å²) >= 11 is 0. The maximum Gasteiger partial charge on any atom is 0.141 e. The molecule has 1 aromatic rings. The topological polar surface area (TPSA) is 57.4 Å². The van der Waals surface area contributed by atoms with Crippen LogP contribution in [0.1, 0.15) is 18.0 Å². The standard InChI is InChI=1S/C11H17FN2O2/c1-15-4-5-16-3-2-11(13)9-6-10(12)8-14-7-9/h6-8,11H,2-5,13H2,1H3. The number of pyridine rings is 1. The smallest absolute Gasteiger partial charge is 0.141 e. The molecule has 0 saturated heterocycles. The van der Waals surface area contributed by atoms with Gasteiger partial charge in [0.1, 0.15) is 5.82 Å². The van der Waals surface area contributed by atoms with Gasteiger partial charge in [0.2, 0.25) is 0 Å². The number of hydrogen-bond acceptors (Lipinski definition) is 4. The van der Waals surface area contributed by atoms with Crippen LogP contribution in [0, 0.1) is 5.82 Å². The average Bonchev–Trinajstić information content (AvgIpc) is 2.28. The van der Waals surface area contributed by atoms with E-state index in [1.807, 2.05) is 0 Å². The normalized spacial score (nSPS) is 12.7. The van der Waals surface area contributed by atoms with E-state index < -0.39 is 0 Å². The van der Waals surface area contributed by atoms with Crippen LogP contribution < -0.4 is 5.73 Å². The van der Waals surface area contributed by atoms with Crippen molar-refractivity contribution in [2.75, 3.05) is 26.9 Å². The molecule has 4 nitrogen and oxygen atoms in total. The second-order valence-electron chi connectivity index (χ2n) is 3.44. The lowest BCUT2D eigenvalue weighted by atomic mass is 10.1. The molecule has 1 rings (SSSR count). The van der Waals surface area contributed by atoms with Crippen molar-refractivity contribution in [1.29, 1.82) is 0 Å². The first kappa shape index (κ1) is 13.0. The molecule has 2 N–H and O–H groups in total. The zero-order valence-electron chi connectivity index (χ0n) is 9.36. The van der Waals surface area contributed by atoms with E-state index in [1.165, 1.54) is 6.07 Å². The van der Waals surface area contributed by atoms with Gasteiger partial charge in [0.05, 0.1) is 19.4 Å². The SMILES string of the molecule is COCCOCCC(N)c1cncc(F)c1. The highest BCUT2D eigenvalue weighted by Crippen LogP contribution is 2.13. The third kappa shape index (κ3) is 4.65. The molecule has 0 amide bonds. The zero-order valence-corrected chi connectivity index (χ0v) is 9.36. The molecular formula is C11H17FN2O2. The van der Waals surface area contributed by atoms with Crippen molar-refractivity contribution in [3.8, 4) is 0 Å². The molecule has 0 aliphatic rings. The summed E-state index contributed by atoms with van der Waals surface area (Å²) in [6, 6.07) is 1.15. The maximum absolute atomic E-state index is 12.9. The third-order valence-corrected chi connectivity index (χ3v) is 2.16. The molecule has 0 aromatic carbocycles. The summed E-state index contributed by atoms with van der Waals surface area (Å²) in [5.41, 5.74) is 6.55. The van der Waals surface area contributed by atoms with Crippen LogP contribution in [0.15, 0.2) is 18.5 Å². The molecule has 90 valence electrons. The number of aromatic nitrogens is 1. The molecule has 1 heterocycles. The quantitative estimate of drug-likeness (QED) is 0.714. The van der Waals surface area contributed by atoms with Crippen LogP contribution >= 0.6 is 0 Å². The largest absolute Gasteiger partial charge is 0.382 e. The Balaban J connectivity index is 2.27. The Labute approximate surface area is 94.6 Å². The average molecular weight is 228 g/mol. The molecule has 0 bridgehead atoms. The number of methoxy groups -OCH3 is 1. The van der Waals surface area contributed by atoms with Gasteiger partial charge < -0.3 is 15.2 Å². The van der Waals surface area contributed by atoms with Crippen LogP contribution in [0.3, 0.4) is 0 Å². The van der Waals surface area contributed by atoms with Crippen molar-refractivity contribution in [3.63, 3.8) is 0 Å². The van der Waals surface area contributed by atoms with Crippen LogP contribution in [0.2, 0.25) is 0 Å². The second kappa shape index (κ2) is 7.27. The molecule has 0 saturated carbocycles. The van der Waals surface area contributed by atoms with E-state index in [9.17, 15) is 4.39 Å². The van der Waals surface area contributed by atoms with Crippen molar-refractivity contribution in [3.05, 3.63) is 29.8 Å². The van der Waals surface area contributed by atoms with Crippen LogP contribution in [0.25, 0.3) is 0 Å². The predicted octanol–water partition coefficient (Wildman–Crippen LogP) is 1.27. The van der Waals surface area contributed by atoms with Crippen molar-refractivity contribution in [2.45, 2.75) is 12.5 Å². The van der Waals surface area contributed by atoms with E-state index in [4.69, 9.17) is 15.2 Å². The molecule has 0 spiro atoms. The monoisotopic (exact) mass is 228 g/mol. The Morgan fingerprint density at radius 3 is 2.88 bits per heavy atom. The summed E-state index contributed by atoms with van der Waals surface area (Å²) in [6.07, 6.45) is 3.36. The van der Waals surface area contributed by atoms with Gasteiger partial charge in [-0.05, 0) is 18.1 Å². The van der Waals surface area contributed by atoms with Crippen LogP contribution in [-0.2, 0) is 9.47 Å². The molecule has 0 radical (unpaired) electrons. The van der Waals surface area contributed by atoms with Gasteiger partial charge in [0.15, 0.2) is 0 Å². The first-order valence-electron chi connectivity index (χ1n) is 5.16. The molecule has 1 unspecified atom stereocenters. The Kier molecular flexibility index (Phi) is 5.92. The molecule has 0 aliphatic heterocycles. The predicted molar refractivity (Wildman–Crippen MR) is 58.4 cm³/mol. The Bertz CT molecular complexity index is 310. The molecular weight excluding hydrogens is 211 g/mol. The lowest BCUT2D eigenvalue weighted by molar-refractivity contribution is 0.0672. The summed E-state index contributed by atoms with van der Waals surface area (Å²) in [7, 11) is 1.62. The van der Waals surface area contributed by atoms with Crippen molar-refractivity contribution in [1.82, 2.24) is 4.98 Å². The number of ether oxygens (including phenoxy) is 2. The maximum atomic E-state index is 12.9. The lowest BCUT2D eigenvalue weighted by Crippen LogP contribution is -2.14. The fourth-order valence-corrected chi connectivity index (χ4v) is 1.25. The summed E-state index contributed by atoms with van der Waals surface area (Å²) in [6.45, 7) is 1.64. The summed E-state index contributed by atoms with van der Waals surface area (Å²) in [5, 5.41) is 0. The van der Waals surface area contributed by atoms with Gasteiger partial charge in [-0.1, -0.05) is 0 Å². The number of nitrogens with zero attached hydrogens (tertiary/aromatic N) is 1. The Hall–Kier alpha value is -1.04. The molecule has 16 heavy (non-hydrogen) atoms. The molecule has 0 fully saturated rings. The molecule has 1 atom stereocenters. The van der Waals surface area contributed by atoms with Gasteiger partial charge in [0, 0.05) is 26.0 Å².